The van der Waals surface area contributed by atoms with E-state index in [4.69, 9.17) is 0 Å². The molecular formula is C17H17N3OS2. The Kier molecular flexibility index (Phi) is 3.88. The van der Waals surface area contributed by atoms with E-state index in [0.717, 1.165) is 35.3 Å². The number of fused-ring (bicyclic) bond motifs is 2. The molecule has 1 amide bonds. The van der Waals surface area contributed by atoms with Crippen LogP contribution in [0.1, 0.15) is 16.0 Å². The van der Waals surface area contributed by atoms with Gasteiger partial charge in [0.05, 0.1) is 16.8 Å². The van der Waals surface area contributed by atoms with Gasteiger partial charge in [-0.2, -0.15) is 0 Å². The minimum absolute atomic E-state index is 0.0142. The fraction of sp³-hybridized carbons (Fsp3) is 0.294. The SMILES string of the molecule is Cc1cccc2sc(NC(=O)CN3CCc4sccc4C3)nc12. The predicted octanol–water partition coefficient (Wildman–Crippen LogP) is 3.66. The number of para-hydroxylation sites is 1. The van der Waals surface area contributed by atoms with Gasteiger partial charge in [0, 0.05) is 18.0 Å². The molecule has 0 aliphatic carbocycles. The molecule has 1 N–H and O–H groups in total. The molecule has 0 radical (unpaired) electrons. The minimum atomic E-state index is 0.0142. The van der Waals surface area contributed by atoms with Crippen molar-refractivity contribution in [3.63, 3.8) is 0 Å². The molecule has 3 heterocycles. The normalized spacial score (nSPS) is 14.8. The standard InChI is InChI=1S/C17H17N3OS2/c1-11-3-2-4-14-16(11)19-17(23-14)18-15(21)10-20-7-5-13-12(9-20)6-8-22-13/h2-4,6,8H,5,7,9-10H2,1H3,(H,18,19,21). The average Bonchev–Trinajstić information content (AvgIpc) is 3.13. The number of nitrogens with one attached hydrogen (secondary N) is 1. The van der Waals surface area contributed by atoms with Crippen molar-refractivity contribution in [1.82, 2.24) is 9.88 Å². The van der Waals surface area contributed by atoms with Crippen LogP contribution >= 0.6 is 22.7 Å². The Morgan fingerprint density at radius 1 is 1.39 bits per heavy atom. The lowest BCUT2D eigenvalue weighted by Gasteiger charge is -2.25. The molecular weight excluding hydrogens is 326 g/mol. The van der Waals surface area contributed by atoms with E-state index in [1.165, 1.54) is 21.8 Å². The van der Waals surface area contributed by atoms with Gasteiger partial charge in [0.2, 0.25) is 5.91 Å². The Bertz CT molecular complexity index is 868. The van der Waals surface area contributed by atoms with E-state index in [1.54, 1.807) is 0 Å². The molecule has 0 fully saturated rings. The molecule has 0 bridgehead atoms. The van der Waals surface area contributed by atoms with E-state index < -0.39 is 0 Å². The summed E-state index contributed by atoms with van der Waals surface area (Å²) in [5, 5.41) is 5.78. The molecule has 1 aliphatic rings. The molecule has 0 unspecified atom stereocenters. The zero-order valence-corrected chi connectivity index (χ0v) is 14.5. The lowest BCUT2D eigenvalue weighted by molar-refractivity contribution is -0.117. The third-order valence-electron chi connectivity index (χ3n) is 4.12. The molecule has 0 saturated carbocycles. The first-order chi connectivity index (χ1) is 11.2. The number of carbonyl (C=O) groups is 1. The van der Waals surface area contributed by atoms with Crippen LogP contribution in [0.5, 0.6) is 0 Å². The largest absolute Gasteiger partial charge is 0.301 e. The first kappa shape index (κ1) is 14.8. The van der Waals surface area contributed by atoms with Crippen LogP contribution < -0.4 is 5.32 Å². The summed E-state index contributed by atoms with van der Waals surface area (Å²) in [6, 6.07) is 8.27. The van der Waals surface area contributed by atoms with Gasteiger partial charge < -0.3 is 5.32 Å². The second-order valence-corrected chi connectivity index (χ2v) is 7.85. The summed E-state index contributed by atoms with van der Waals surface area (Å²) in [6.07, 6.45) is 1.04. The van der Waals surface area contributed by atoms with Crippen LogP contribution in [0.2, 0.25) is 0 Å². The number of aromatic nitrogens is 1. The first-order valence-electron chi connectivity index (χ1n) is 7.62. The molecule has 0 saturated heterocycles. The Labute approximate surface area is 142 Å². The highest BCUT2D eigenvalue weighted by molar-refractivity contribution is 7.22. The molecule has 3 aromatic rings. The number of thiazole rings is 1. The van der Waals surface area contributed by atoms with Crippen molar-refractivity contribution < 1.29 is 4.79 Å². The van der Waals surface area contributed by atoms with E-state index in [9.17, 15) is 4.79 Å². The third kappa shape index (κ3) is 3.02. The van der Waals surface area contributed by atoms with Crippen molar-refractivity contribution in [2.75, 3.05) is 18.4 Å². The summed E-state index contributed by atoms with van der Waals surface area (Å²) >= 11 is 3.35. The van der Waals surface area contributed by atoms with Gasteiger partial charge in [0.15, 0.2) is 5.13 Å². The number of rotatable bonds is 3. The summed E-state index contributed by atoms with van der Waals surface area (Å²) in [6.45, 7) is 4.27. The van der Waals surface area contributed by atoms with E-state index in [0.29, 0.717) is 11.7 Å². The van der Waals surface area contributed by atoms with Gasteiger partial charge in [-0.1, -0.05) is 23.5 Å². The highest BCUT2D eigenvalue weighted by Crippen LogP contribution is 2.28. The molecule has 1 aromatic carbocycles. The maximum atomic E-state index is 12.3. The Hall–Kier alpha value is -1.76. The molecule has 0 spiro atoms. The van der Waals surface area contributed by atoms with Crippen molar-refractivity contribution in [3.05, 3.63) is 45.6 Å². The quantitative estimate of drug-likeness (QED) is 0.789. The van der Waals surface area contributed by atoms with Crippen LogP contribution in [0.25, 0.3) is 10.2 Å². The number of carbonyl (C=O) groups excluding carboxylic acids is 1. The van der Waals surface area contributed by atoms with Gasteiger partial charge in [-0.15, -0.1) is 11.3 Å². The van der Waals surface area contributed by atoms with Gasteiger partial charge in [-0.3, -0.25) is 9.69 Å². The third-order valence-corrected chi connectivity index (χ3v) is 6.08. The number of amides is 1. The minimum Gasteiger partial charge on any atom is -0.301 e. The molecule has 6 heteroatoms. The van der Waals surface area contributed by atoms with Crippen molar-refractivity contribution in [1.29, 1.82) is 0 Å². The van der Waals surface area contributed by atoms with E-state index >= 15 is 0 Å². The van der Waals surface area contributed by atoms with Crippen molar-refractivity contribution in [2.45, 2.75) is 19.9 Å². The van der Waals surface area contributed by atoms with Crippen LogP contribution in [-0.2, 0) is 17.8 Å². The van der Waals surface area contributed by atoms with Gasteiger partial charge in [0.1, 0.15) is 0 Å². The van der Waals surface area contributed by atoms with Crippen molar-refractivity contribution in [3.8, 4) is 0 Å². The van der Waals surface area contributed by atoms with E-state index in [1.807, 2.05) is 36.5 Å². The molecule has 1 aliphatic heterocycles. The number of hydrogen-bond donors (Lipinski definition) is 1. The summed E-state index contributed by atoms with van der Waals surface area (Å²) in [4.78, 5) is 20.5. The van der Waals surface area contributed by atoms with Crippen molar-refractivity contribution >= 4 is 43.9 Å². The molecule has 4 nitrogen and oxygen atoms in total. The van der Waals surface area contributed by atoms with Crippen LogP contribution in [0.3, 0.4) is 0 Å². The fourth-order valence-electron chi connectivity index (χ4n) is 2.94. The van der Waals surface area contributed by atoms with Crippen LogP contribution in [-0.4, -0.2) is 28.9 Å². The monoisotopic (exact) mass is 343 g/mol. The van der Waals surface area contributed by atoms with Crippen molar-refractivity contribution in [2.24, 2.45) is 0 Å². The summed E-state index contributed by atoms with van der Waals surface area (Å²) in [5.74, 6) is 0.0142. The number of benzene rings is 1. The fourth-order valence-corrected chi connectivity index (χ4v) is 4.79. The average molecular weight is 343 g/mol. The van der Waals surface area contributed by atoms with Gasteiger partial charge in [-0.25, -0.2) is 4.98 Å². The summed E-state index contributed by atoms with van der Waals surface area (Å²) in [5.41, 5.74) is 3.48. The van der Waals surface area contributed by atoms with Crippen LogP contribution in [0.4, 0.5) is 5.13 Å². The smallest absolute Gasteiger partial charge is 0.240 e. The molecule has 118 valence electrons. The zero-order chi connectivity index (χ0) is 15.8. The second kappa shape index (κ2) is 6.03. The number of anilines is 1. The van der Waals surface area contributed by atoms with Crippen LogP contribution in [0.15, 0.2) is 29.6 Å². The van der Waals surface area contributed by atoms with Gasteiger partial charge >= 0.3 is 0 Å². The lowest BCUT2D eigenvalue weighted by Crippen LogP contribution is -2.36. The molecule has 4 rings (SSSR count). The van der Waals surface area contributed by atoms with Crippen LogP contribution in [0, 0.1) is 6.92 Å². The van der Waals surface area contributed by atoms with Gasteiger partial charge in [0.25, 0.3) is 0 Å². The number of hydrogen-bond acceptors (Lipinski definition) is 5. The molecule has 0 atom stereocenters. The second-order valence-electron chi connectivity index (χ2n) is 5.82. The topological polar surface area (TPSA) is 45.2 Å². The number of nitrogens with zero attached hydrogens (tertiary/aromatic N) is 2. The Morgan fingerprint density at radius 3 is 3.17 bits per heavy atom. The maximum Gasteiger partial charge on any atom is 0.240 e. The number of thiophene rings is 1. The molecule has 2 aromatic heterocycles. The van der Waals surface area contributed by atoms with E-state index in [2.05, 4.69) is 26.6 Å². The van der Waals surface area contributed by atoms with Gasteiger partial charge in [-0.05, 0) is 42.0 Å². The summed E-state index contributed by atoms with van der Waals surface area (Å²) < 4.78 is 1.11. The highest BCUT2D eigenvalue weighted by atomic mass is 32.1. The highest BCUT2D eigenvalue weighted by Gasteiger charge is 2.19. The Morgan fingerprint density at radius 2 is 2.30 bits per heavy atom. The first-order valence-corrected chi connectivity index (χ1v) is 9.32. The lowest BCUT2D eigenvalue weighted by atomic mass is 10.1. The zero-order valence-electron chi connectivity index (χ0n) is 12.8. The molecule has 23 heavy (non-hydrogen) atoms. The predicted molar refractivity (Wildman–Crippen MR) is 96.3 cm³/mol. The number of aryl methyl sites for hydroxylation is 1. The summed E-state index contributed by atoms with van der Waals surface area (Å²) in [7, 11) is 0. The Balaban J connectivity index is 1.42. The van der Waals surface area contributed by atoms with E-state index in [-0.39, 0.29) is 5.91 Å². The maximum absolute atomic E-state index is 12.3.